The van der Waals surface area contributed by atoms with E-state index in [1.165, 1.54) is 0 Å². The van der Waals surface area contributed by atoms with Gasteiger partial charge in [0.25, 0.3) is 5.91 Å². The molecule has 1 amide bonds. The summed E-state index contributed by atoms with van der Waals surface area (Å²) in [6, 6.07) is 0. The smallest absolute Gasteiger partial charge is 0.272 e. The minimum absolute atomic E-state index is 0.154. The molecule has 16 heavy (non-hydrogen) atoms. The number of rotatable bonds is 5. The average molecular weight is 264 g/mol. The minimum Gasteiger partial charge on any atom is -0.349 e. The summed E-state index contributed by atoms with van der Waals surface area (Å²) in [5.41, 5.74) is 0.850. The first kappa shape index (κ1) is 13.0. The zero-order valence-electron chi connectivity index (χ0n) is 8.85. The summed E-state index contributed by atoms with van der Waals surface area (Å²) in [5.74, 6) is -0.346. The van der Waals surface area contributed by atoms with Crippen LogP contribution in [0.2, 0.25) is 0 Å². The van der Waals surface area contributed by atoms with Gasteiger partial charge in [0.05, 0.1) is 23.7 Å². The molecule has 0 aliphatic rings. The lowest BCUT2D eigenvalue weighted by Crippen LogP contribution is -2.34. The Kier molecular flexibility index (Phi) is 4.33. The Balaban J connectivity index is 2.35. The van der Waals surface area contributed by atoms with E-state index in [-0.39, 0.29) is 24.7 Å². The Morgan fingerprint density at radius 3 is 2.56 bits per heavy atom. The summed E-state index contributed by atoms with van der Waals surface area (Å²) in [6.07, 6.45) is 1.06. The second kappa shape index (κ2) is 5.32. The van der Waals surface area contributed by atoms with Crippen LogP contribution in [0.1, 0.15) is 16.2 Å². The normalized spacial score (nSPS) is 11.4. The third-order valence-corrected chi connectivity index (χ3v) is 2.99. The Morgan fingerprint density at radius 1 is 1.38 bits per heavy atom. The van der Waals surface area contributed by atoms with Crippen LogP contribution < -0.4 is 10.0 Å². The van der Waals surface area contributed by atoms with Crippen LogP contribution in [-0.4, -0.2) is 42.4 Å². The van der Waals surface area contributed by atoms with Crippen molar-refractivity contribution >= 4 is 27.7 Å². The van der Waals surface area contributed by atoms with Gasteiger partial charge in [-0.1, -0.05) is 0 Å². The van der Waals surface area contributed by atoms with Crippen LogP contribution in [0.5, 0.6) is 0 Å². The monoisotopic (exact) mass is 264 g/mol. The van der Waals surface area contributed by atoms with Crippen molar-refractivity contribution in [1.29, 1.82) is 0 Å². The number of hydrogen-bond donors (Lipinski definition) is 2. The molecule has 0 aliphatic heterocycles. The van der Waals surface area contributed by atoms with Crippen LogP contribution in [0.25, 0.3) is 0 Å². The Morgan fingerprint density at radius 2 is 2.06 bits per heavy atom. The van der Waals surface area contributed by atoms with Gasteiger partial charge in [0.15, 0.2) is 5.69 Å². The van der Waals surface area contributed by atoms with Crippen molar-refractivity contribution in [1.82, 2.24) is 18.8 Å². The van der Waals surface area contributed by atoms with Crippen molar-refractivity contribution in [2.24, 2.45) is 0 Å². The van der Waals surface area contributed by atoms with Gasteiger partial charge in [-0.25, -0.2) is 13.1 Å². The molecule has 1 rings (SSSR count). The molecular formula is C7H12N4O3S2. The molecule has 0 aromatic carbocycles. The lowest BCUT2D eigenvalue weighted by molar-refractivity contribution is 0.0949. The van der Waals surface area contributed by atoms with E-state index in [1.807, 2.05) is 0 Å². The van der Waals surface area contributed by atoms with Crippen LogP contribution in [0.3, 0.4) is 0 Å². The molecule has 0 spiro atoms. The number of hydrogen-bond acceptors (Lipinski definition) is 6. The highest BCUT2D eigenvalue weighted by molar-refractivity contribution is 7.88. The van der Waals surface area contributed by atoms with Crippen molar-refractivity contribution in [3.63, 3.8) is 0 Å². The van der Waals surface area contributed by atoms with Gasteiger partial charge < -0.3 is 5.32 Å². The predicted molar refractivity (Wildman–Crippen MR) is 59.8 cm³/mol. The van der Waals surface area contributed by atoms with E-state index in [2.05, 4.69) is 18.8 Å². The van der Waals surface area contributed by atoms with Crippen LogP contribution in [0.15, 0.2) is 0 Å². The number of aromatic nitrogens is 2. The summed E-state index contributed by atoms with van der Waals surface area (Å²) in [4.78, 5) is 11.5. The molecule has 0 aliphatic carbocycles. The second-order valence-corrected chi connectivity index (χ2v) is 5.48. The third-order valence-electron chi connectivity index (χ3n) is 1.64. The summed E-state index contributed by atoms with van der Waals surface area (Å²) >= 11 is 0.966. The molecule has 7 nitrogen and oxygen atoms in total. The highest BCUT2D eigenvalue weighted by atomic mass is 32.2. The molecule has 0 radical (unpaired) electrons. The molecular weight excluding hydrogens is 252 g/mol. The SMILES string of the molecule is Cc1nsnc1C(=O)NCCNS(C)(=O)=O. The van der Waals surface area contributed by atoms with Crippen molar-refractivity contribution in [3.05, 3.63) is 11.4 Å². The summed E-state index contributed by atoms with van der Waals surface area (Å²) in [5, 5.41) is 2.54. The molecule has 0 saturated carbocycles. The number of carbonyl (C=O) groups is 1. The van der Waals surface area contributed by atoms with Gasteiger partial charge in [-0.3, -0.25) is 4.79 Å². The number of nitrogens with one attached hydrogen (secondary N) is 2. The van der Waals surface area contributed by atoms with E-state index in [4.69, 9.17) is 0 Å². The summed E-state index contributed by atoms with van der Waals surface area (Å²) < 4.78 is 31.4. The van der Waals surface area contributed by atoms with E-state index in [0.717, 1.165) is 18.0 Å². The van der Waals surface area contributed by atoms with E-state index < -0.39 is 10.0 Å². The largest absolute Gasteiger partial charge is 0.349 e. The van der Waals surface area contributed by atoms with Crippen molar-refractivity contribution < 1.29 is 13.2 Å². The third kappa shape index (κ3) is 4.21. The molecule has 90 valence electrons. The number of nitrogens with zero attached hydrogens (tertiary/aromatic N) is 2. The van der Waals surface area contributed by atoms with Crippen LogP contribution in [-0.2, 0) is 10.0 Å². The Bertz CT molecular complexity index is 468. The molecule has 2 N–H and O–H groups in total. The van der Waals surface area contributed by atoms with E-state index in [1.54, 1.807) is 6.92 Å². The van der Waals surface area contributed by atoms with Gasteiger partial charge in [-0.05, 0) is 6.92 Å². The number of sulfonamides is 1. The van der Waals surface area contributed by atoms with Gasteiger partial charge >= 0.3 is 0 Å². The first-order chi connectivity index (χ1) is 7.40. The van der Waals surface area contributed by atoms with Gasteiger partial charge in [0.1, 0.15) is 0 Å². The lowest BCUT2D eigenvalue weighted by Gasteiger charge is -2.03. The van der Waals surface area contributed by atoms with E-state index in [0.29, 0.717) is 5.69 Å². The quantitative estimate of drug-likeness (QED) is 0.673. The minimum atomic E-state index is -3.21. The molecule has 0 saturated heterocycles. The standard InChI is InChI=1S/C7H12N4O3S2/c1-5-6(11-15-10-5)7(12)8-3-4-9-16(2,13)14/h9H,3-4H2,1-2H3,(H,8,12). The molecule has 0 fully saturated rings. The van der Waals surface area contributed by atoms with E-state index in [9.17, 15) is 13.2 Å². The Labute approximate surface area is 97.6 Å². The topological polar surface area (TPSA) is 101 Å². The van der Waals surface area contributed by atoms with Crippen LogP contribution >= 0.6 is 11.7 Å². The number of amides is 1. The molecule has 0 unspecified atom stereocenters. The van der Waals surface area contributed by atoms with Gasteiger partial charge in [0.2, 0.25) is 10.0 Å². The first-order valence-corrected chi connectivity index (χ1v) is 7.04. The zero-order chi connectivity index (χ0) is 12.2. The number of aryl methyl sites for hydroxylation is 1. The van der Waals surface area contributed by atoms with Crippen molar-refractivity contribution in [2.75, 3.05) is 19.3 Å². The Hall–Kier alpha value is -1.06. The summed E-state index contributed by atoms with van der Waals surface area (Å²) in [7, 11) is -3.21. The lowest BCUT2D eigenvalue weighted by atomic mass is 10.3. The number of carbonyl (C=O) groups excluding carboxylic acids is 1. The van der Waals surface area contributed by atoms with Crippen LogP contribution in [0, 0.1) is 6.92 Å². The predicted octanol–water partition coefficient (Wildman–Crippen LogP) is -0.874. The molecule has 1 aromatic rings. The zero-order valence-corrected chi connectivity index (χ0v) is 10.5. The maximum absolute atomic E-state index is 11.5. The summed E-state index contributed by atoms with van der Waals surface area (Å²) in [6.45, 7) is 2.05. The fourth-order valence-electron chi connectivity index (χ4n) is 0.934. The van der Waals surface area contributed by atoms with Crippen LogP contribution in [0.4, 0.5) is 0 Å². The highest BCUT2D eigenvalue weighted by Crippen LogP contribution is 2.02. The second-order valence-electron chi connectivity index (χ2n) is 3.12. The molecule has 0 atom stereocenters. The van der Waals surface area contributed by atoms with Crippen molar-refractivity contribution in [3.8, 4) is 0 Å². The highest BCUT2D eigenvalue weighted by Gasteiger charge is 2.12. The maximum Gasteiger partial charge on any atom is 0.272 e. The van der Waals surface area contributed by atoms with Gasteiger partial charge in [0, 0.05) is 13.1 Å². The fraction of sp³-hybridized carbons (Fsp3) is 0.571. The maximum atomic E-state index is 11.5. The van der Waals surface area contributed by atoms with Gasteiger partial charge in [-0.15, -0.1) is 0 Å². The molecule has 9 heteroatoms. The molecule has 1 aromatic heterocycles. The van der Waals surface area contributed by atoms with E-state index >= 15 is 0 Å². The fourth-order valence-corrected chi connectivity index (χ4v) is 1.95. The van der Waals surface area contributed by atoms with Gasteiger partial charge in [-0.2, -0.15) is 8.75 Å². The average Bonchev–Trinajstić information content (AvgIpc) is 2.57. The molecule has 1 heterocycles. The molecule has 0 bridgehead atoms. The van der Waals surface area contributed by atoms with Crippen molar-refractivity contribution in [2.45, 2.75) is 6.92 Å². The first-order valence-electron chi connectivity index (χ1n) is 4.42.